The van der Waals surface area contributed by atoms with Gasteiger partial charge >= 0.3 is 0 Å². The van der Waals surface area contributed by atoms with E-state index in [1.165, 1.54) is 37.4 Å². The lowest BCUT2D eigenvalue weighted by molar-refractivity contribution is -0.385. The normalized spacial score (nSPS) is 11.0. The van der Waals surface area contributed by atoms with E-state index < -0.39 is 20.9 Å². The zero-order chi connectivity index (χ0) is 21.9. The molecule has 0 radical (unpaired) electrons. The number of hydrogen-bond acceptors (Lipinski definition) is 5. The summed E-state index contributed by atoms with van der Waals surface area (Å²) in [7, 11) is -2.33. The maximum atomic E-state index is 12.8. The lowest BCUT2D eigenvalue weighted by Crippen LogP contribution is -2.26. The first-order valence-electron chi connectivity index (χ1n) is 8.90. The van der Waals surface area contributed by atoms with Crippen LogP contribution in [0, 0.1) is 17.0 Å². The largest absolute Gasteiger partial charge is 0.322 e. The first kappa shape index (κ1) is 21.0. The first-order valence-corrected chi connectivity index (χ1v) is 10.3. The quantitative estimate of drug-likeness (QED) is 0.474. The number of rotatable bonds is 6. The molecule has 3 rings (SSSR count). The Morgan fingerprint density at radius 1 is 1.00 bits per heavy atom. The van der Waals surface area contributed by atoms with Crippen LogP contribution in [0.3, 0.4) is 0 Å². The van der Waals surface area contributed by atoms with E-state index in [1.54, 1.807) is 49.4 Å². The molecule has 3 aromatic carbocycles. The van der Waals surface area contributed by atoms with Gasteiger partial charge in [-0.05, 0) is 49.4 Å². The van der Waals surface area contributed by atoms with Crippen molar-refractivity contribution in [1.82, 2.24) is 0 Å². The summed E-state index contributed by atoms with van der Waals surface area (Å²) in [5, 5.41) is 13.6. The van der Waals surface area contributed by atoms with E-state index in [1.807, 2.05) is 0 Å². The second-order valence-electron chi connectivity index (χ2n) is 6.54. The number of nitro benzene ring substituents is 1. The zero-order valence-electron chi connectivity index (χ0n) is 16.3. The van der Waals surface area contributed by atoms with Crippen LogP contribution in [0.4, 0.5) is 17.1 Å². The SMILES string of the molecule is Cc1ccc(NC(=O)c2ccc(S(=O)(=O)N(C)c3ccccc3)cc2)cc1[N+](=O)[O-]. The molecule has 0 spiro atoms. The monoisotopic (exact) mass is 425 g/mol. The second-order valence-corrected chi connectivity index (χ2v) is 8.51. The van der Waals surface area contributed by atoms with Crippen molar-refractivity contribution in [2.24, 2.45) is 0 Å². The maximum absolute atomic E-state index is 12.8. The molecule has 9 heteroatoms. The molecule has 0 bridgehead atoms. The molecule has 0 atom stereocenters. The van der Waals surface area contributed by atoms with Crippen LogP contribution in [0.5, 0.6) is 0 Å². The predicted octanol–water partition coefficient (Wildman–Crippen LogP) is 3.98. The Kier molecular flexibility index (Phi) is 5.84. The summed E-state index contributed by atoms with van der Waals surface area (Å²) in [6.07, 6.45) is 0. The minimum absolute atomic E-state index is 0.0383. The van der Waals surface area contributed by atoms with Crippen molar-refractivity contribution < 1.29 is 18.1 Å². The summed E-state index contributed by atoms with van der Waals surface area (Å²) in [4.78, 5) is 23.0. The highest BCUT2D eigenvalue weighted by Gasteiger charge is 2.21. The third-order valence-electron chi connectivity index (χ3n) is 4.56. The Morgan fingerprint density at radius 2 is 1.63 bits per heavy atom. The Hall–Kier alpha value is -3.72. The van der Waals surface area contributed by atoms with Crippen LogP contribution in [0.1, 0.15) is 15.9 Å². The van der Waals surface area contributed by atoms with Crippen LogP contribution in [0.25, 0.3) is 0 Å². The van der Waals surface area contributed by atoms with Crippen LogP contribution in [0.2, 0.25) is 0 Å². The van der Waals surface area contributed by atoms with E-state index in [4.69, 9.17) is 0 Å². The van der Waals surface area contributed by atoms with Crippen molar-refractivity contribution in [3.05, 3.63) is 94.0 Å². The van der Waals surface area contributed by atoms with Gasteiger partial charge in [0, 0.05) is 29.9 Å². The number of benzene rings is 3. The fraction of sp³-hybridized carbons (Fsp3) is 0.0952. The van der Waals surface area contributed by atoms with E-state index in [0.717, 1.165) is 4.31 Å². The number of carbonyl (C=O) groups excluding carboxylic acids is 1. The number of aryl methyl sites for hydroxylation is 1. The summed E-state index contributed by atoms with van der Waals surface area (Å²) in [5.41, 5.74) is 1.39. The number of hydrogen-bond donors (Lipinski definition) is 1. The average Bonchev–Trinajstić information content (AvgIpc) is 2.75. The highest BCUT2D eigenvalue weighted by atomic mass is 32.2. The van der Waals surface area contributed by atoms with Crippen molar-refractivity contribution in [2.45, 2.75) is 11.8 Å². The fourth-order valence-corrected chi connectivity index (χ4v) is 4.00. The van der Waals surface area contributed by atoms with Gasteiger partial charge in [-0.15, -0.1) is 0 Å². The number of nitro groups is 1. The summed E-state index contributed by atoms with van der Waals surface area (Å²) in [6.45, 7) is 1.61. The van der Waals surface area contributed by atoms with E-state index in [0.29, 0.717) is 11.3 Å². The van der Waals surface area contributed by atoms with E-state index in [2.05, 4.69) is 5.32 Å². The fourth-order valence-electron chi connectivity index (χ4n) is 2.80. The number of sulfonamides is 1. The zero-order valence-corrected chi connectivity index (χ0v) is 17.1. The Balaban J connectivity index is 1.79. The Labute approximate surface area is 174 Å². The van der Waals surface area contributed by atoms with Gasteiger partial charge in [-0.3, -0.25) is 19.2 Å². The molecule has 0 unspecified atom stereocenters. The number of para-hydroxylation sites is 1. The van der Waals surface area contributed by atoms with Gasteiger partial charge in [0.15, 0.2) is 0 Å². The van der Waals surface area contributed by atoms with Gasteiger partial charge < -0.3 is 5.32 Å². The van der Waals surface area contributed by atoms with E-state index >= 15 is 0 Å². The van der Waals surface area contributed by atoms with Crippen molar-refractivity contribution in [3.8, 4) is 0 Å². The summed E-state index contributed by atoms with van der Waals surface area (Å²) < 4.78 is 26.8. The van der Waals surface area contributed by atoms with Gasteiger partial charge in [0.2, 0.25) is 0 Å². The van der Waals surface area contributed by atoms with Crippen LogP contribution in [-0.2, 0) is 10.0 Å². The molecule has 1 N–H and O–H groups in total. The summed E-state index contributed by atoms with van der Waals surface area (Å²) in [5.74, 6) is -0.506. The molecule has 1 amide bonds. The minimum atomic E-state index is -3.79. The molecule has 154 valence electrons. The van der Waals surface area contributed by atoms with Crippen molar-refractivity contribution in [1.29, 1.82) is 0 Å². The lowest BCUT2D eigenvalue weighted by Gasteiger charge is -2.19. The third kappa shape index (κ3) is 4.31. The number of nitrogens with one attached hydrogen (secondary N) is 1. The van der Waals surface area contributed by atoms with Gasteiger partial charge in [-0.25, -0.2) is 8.42 Å². The number of nitrogens with zero attached hydrogens (tertiary/aromatic N) is 2. The molecule has 8 nitrogen and oxygen atoms in total. The summed E-state index contributed by atoms with van der Waals surface area (Å²) >= 11 is 0. The maximum Gasteiger partial charge on any atom is 0.274 e. The smallest absolute Gasteiger partial charge is 0.274 e. The molecular formula is C21H19N3O5S. The molecular weight excluding hydrogens is 406 g/mol. The molecule has 0 aliphatic carbocycles. The number of carbonyl (C=O) groups is 1. The molecule has 0 aromatic heterocycles. The molecule has 0 saturated heterocycles. The topological polar surface area (TPSA) is 110 Å². The highest BCUT2D eigenvalue weighted by Crippen LogP contribution is 2.24. The van der Waals surface area contributed by atoms with Gasteiger partial charge in [-0.1, -0.05) is 24.3 Å². The molecule has 0 aliphatic rings. The van der Waals surface area contributed by atoms with Gasteiger partial charge in [-0.2, -0.15) is 0 Å². The molecule has 3 aromatic rings. The Bertz CT molecular complexity index is 1190. The van der Waals surface area contributed by atoms with Crippen LogP contribution >= 0.6 is 0 Å². The Morgan fingerprint density at radius 3 is 2.23 bits per heavy atom. The van der Waals surface area contributed by atoms with Gasteiger partial charge in [0.05, 0.1) is 15.5 Å². The number of anilines is 2. The van der Waals surface area contributed by atoms with Crippen LogP contribution in [0.15, 0.2) is 77.7 Å². The van der Waals surface area contributed by atoms with Gasteiger partial charge in [0.1, 0.15) is 0 Å². The van der Waals surface area contributed by atoms with Crippen molar-refractivity contribution >= 4 is 33.0 Å². The third-order valence-corrected chi connectivity index (χ3v) is 6.36. The second kappa shape index (κ2) is 8.34. The lowest BCUT2D eigenvalue weighted by atomic mass is 10.1. The van der Waals surface area contributed by atoms with Crippen LogP contribution < -0.4 is 9.62 Å². The van der Waals surface area contributed by atoms with Crippen LogP contribution in [-0.4, -0.2) is 26.3 Å². The minimum Gasteiger partial charge on any atom is -0.322 e. The predicted molar refractivity (Wildman–Crippen MR) is 114 cm³/mol. The number of amides is 1. The summed E-state index contributed by atoms with van der Waals surface area (Å²) in [6, 6.07) is 18.5. The van der Waals surface area contributed by atoms with E-state index in [9.17, 15) is 23.3 Å². The molecule has 0 aliphatic heterocycles. The van der Waals surface area contributed by atoms with E-state index in [-0.39, 0.29) is 21.8 Å². The first-order chi connectivity index (χ1) is 14.2. The highest BCUT2D eigenvalue weighted by molar-refractivity contribution is 7.92. The van der Waals surface area contributed by atoms with Crippen molar-refractivity contribution in [2.75, 3.05) is 16.7 Å². The standard InChI is InChI=1S/C21H19N3O5S/c1-15-8-11-17(14-20(15)24(26)27)22-21(25)16-9-12-19(13-10-16)30(28,29)23(2)18-6-4-3-5-7-18/h3-14H,1-2H3,(H,22,25). The molecule has 0 heterocycles. The molecule has 30 heavy (non-hydrogen) atoms. The van der Waals surface area contributed by atoms with Crippen molar-refractivity contribution in [3.63, 3.8) is 0 Å². The molecule has 0 saturated carbocycles. The van der Waals surface area contributed by atoms with Gasteiger partial charge in [0.25, 0.3) is 21.6 Å². The average molecular weight is 425 g/mol. The molecule has 0 fully saturated rings.